The van der Waals surface area contributed by atoms with E-state index in [1.54, 1.807) is 4.52 Å². The van der Waals surface area contributed by atoms with Gasteiger partial charge in [-0.25, -0.2) is 0 Å². The van der Waals surface area contributed by atoms with Crippen LogP contribution in [0.15, 0.2) is 42.5 Å². The van der Waals surface area contributed by atoms with Crippen molar-refractivity contribution in [1.29, 1.82) is 0 Å². The van der Waals surface area contributed by atoms with Crippen molar-refractivity contribution in [3.8, 4) is 0 Å². The normalized spacial score (nSPS) is 18.8. The topological polar surface area (TPSA) is 82.8 Å². The molecule has 2 fully saturated rings. The Morgan fingerprint density at radius 3 is 2.55 bits per heavy atom. The van der Waals surface area contributed by atoms with Crippen LogP contribution in [-0.4, -0.2) is 38.7 Å². The minimum atomic E-state index is -0.860. The number of nitrogens with one attached hydrogen (secondary N) is 1. The van der Waals surface area contributed by atoms with Crippen LogP contribution in [0.5, 0.6) is 0 Å². The van der Waals surface area contributed by atoms with E-state index in [2.05, 4.69) is 20.3 Å². The SMILES string of the molecule is O=C(Nc1nc2cccc(N3CCC(O)(c4ccc(Cl)cc4)CC3)n2n1)C1CC1. The Labute approximate surface area is 173 Å². The summed E-state index contributed by atoms with van der Waals surface area (Å²) in [7, 11) is 0. The molecule has 7 nitrogen and oxygen atoms in total. The molecular formula is C21H22ClN5O2. The molecule has 2 N–H and O–H groups in total. The van der Waals surface area contributed by atoms with Gasteiger partial charge >= 0.3 is 0 Å². The maximum atomic E-state index is 12.0. The summed E-state index contributed by atoms with van der Waals surface area (Å²) in [6.07, 6.45) is 3.08. The zero-order chi connectivity index (χ0) is 20.0. The molecular weight excluding hydrogens is 390 g/mol. The van der Waals surface area contributed by atoms with Crippen LogP contribution in [0.25, 0.3) is 5.65 Å². The lowest BCUT2D eigenvalue weighted by molar-refractivity contribution is -0.117. The second kappa shape index (κ2) is 7.00. The van der Waals surface area contributed by atoms with Crippen molar-refractivity contribution in [2.45, 2.75) is 31.3 Å². The van der Waals surface area contributed by atoms with Gasteiger partial charge in [0.25, 0.3) is 0 Å². The zero-order valence-corrected chi connectivity index (χ0v) is 16.6. The van der Waals surface area contributed by atoms with Gasteiger partial charge in [0.2, 0.25) is 11.9 Å². The molecule has 3 heterocycles. The minimum Gasteiger partial charge on any atom is -0.385 e. The number of amides is 1. The van der Waals surface area contributed by atoms with Crippen LogP contribution in [0, 0.1) is 5.92 Å². The van der Waals surface area contributed by atoms with E-state index in [9.17, 15) is 9.90 Å². The molecule has 1 saturated carbocycles. The first-order valence-corrected chi connectivity index (χ1v) is 10.3. The lowest BCUT2D eigenvalue weighted by atomic mass is 9.84. The van der Waals surface area contributed by atoms with Crippen molar-refractivity contribution in [2.24, 2.45) is 5.92 Å². The molecule has 2 aromatic heterocycles. The highest BCUT2D eigenvalue weighted by molar-refractivity contribution is 6.30. The first-order valence-electron chi connectivity index (χ1n) is 9.92. The van der Waals surface area contributed by atoms with Gasteiger partial charge in [-0.1, -0.05) is 29.8 Å². The summed E-state index contributed by atoms with van der Waals surface area (Å²) in [4.78, 5) is 18.6. The fourth-order valence-corrected chi connectivity index (χ4v) is 4.02. The number of pyridine rings is 1. The minimum absolute atomic E-state index is 0.00606. The predicted molar refractivity (Wildman–Crippen MR) is 111 cm³/mol. The Hall–Kier alpha value is -2.64. The van der Waals surface area contributed by atoms with Crippen LogP contribution in [0.1, 0.15) is 31.2 Å². The highest BCUT2D eigenvalue weighted by atomic mass is 35.5. The Morgan fingerprint density at radius 1 is 1.14 bits per heavy atom. The fraction of sp³-hybridized carbons (Fsp3) is 0.381. The molecule has 0 bridgehead atoms. The predicted octanol–water partition coefficient (Wildman–Crippen LogP) is 3.22. The van der Waals surface area contributed by atoms with Crippen molar-refractivity contribution in [3.05, 3.63) is 53.1 Å². The molecule has 1 aromatic carbocycles. The number of halogens is 1. The van der Waals surface area contributed by atoms with Gasteiger partial charge in [-0.05, 0) is 55.5 Å². The van der Waals surface area contributed by atoms with Gasteiger partial charge in [-0.15, -0.1) is 5.10 Å². The molecule has 1 saturated heterocycles. The van der Waals surface area contributed by atoms with E-state index in [1.165, 1.54) is 0 Å². The Balaban J connectivity index is 1.35. The molecule has 0 atom stereocenters. The number of fused-ring (bicyclic) bond motifs is 1. The number of hydrogen-bond donors (Lipinski definition) is 2. The molecule has 150 valence electrons. The van der Waals surface area contributed by atoms with E-state index >= 15 is 0 Å². The number of rotatable bonds is 4. The number of nitrogens with zero attached hydrogens (tertiary/aromatic N) is 4. The average molecular weight is 412 g/mol. The number of piperidine rings is 1. The highest BCUT2D eigenvalue weighted by Crippen LogP contribution is 2.35. The van der Waals surface area contributed by atoms with Gasteiger partial charge in [0.05, 0.1) is 5.60 Å². The molecule has 3 aromatic rings. The molecule has 2 aliphatic rings. The summed E-state index contributed by atoms with van der Waals surface area (Å²) >= 11 is 5.98. The van der Waals surface area contributed by atoms with E-state index in [0.717, 1.165) is 24.2 Å². The molecule has 1 amide bonds. The second-order valence-corrected chi connectivity index (χ2v) is 8.31. The number of anilines is 2. The number of hydrogen-bond acceptors (Lipinski definition) is 5. The Kier molecular flexibility index (Phi) is 4.44. The third-order valence-corrected chi connectivity index (χ3v) is 6.07. The van der Waals surface area contributed by atoms with Crippen molar-refractivity contribution in [3.63, 3.8) is 0 Å². The third kappa shape index (κ3) is 3.56. The number of aliphatic hydroxyl groups is 1. The summed E-state index contributed by atoms with van der Waals surface area (Å²) in [5.74, 6) is 1.34. The van der Waals surface area contributed by atoms with Gasteiger partial charge in [0, 0.05) is 24.0 Å². The van der Waals surface area contributed by atoms with Crippen molar-refractivity contribution in [2.75, 3.05) is 23.3 Å². The maximum absolute atomic E-state index is 12.0. The van der Waals surface area contributed by atoms with Crippen LogP contribution >= 0.6 is 11.6 Å². The summed E-state index contributed by atoms with van der Waals surface area (Å²) in [5, 5.41) is 19.1. The first kappa shape index (κ1) is 18.4. The monoisotopic (exact) mass is 411 g/mol. The highest BCUT2D eigenvalue weighted by Gasteiger charge is 2.35. The van der Waals surface area contributed by atoms with Crippen LogP contribution in [0.4, 0.5) is 11.8 Å². The van der Waals surface area contributed by atoms with E-state index in [0.29, 0.717) is 42.5 Å². The van der Waals surface area contributed by atoms with E-state index in [4.69, 9.17) is 11.6 Å². The lowest BCUT2D eigenvalue weighted by Crippen LogP contribution is -2.43. The van der Waals surface area contributed by atoms with Crippen LogP contribution < -0.4 is 10.2 Å². The number of aromatic nitrogens is 3. The van der Waals surface area contributed by atoms with Gasteiger partial charge in [0.1, 0.15) is 5.82 Å². The quantitative estimate of drug-likeness (QED) is 0.688. The number of benzene rings is 1. The van der Waals surface area contributed by atoms with Gasteiger partial charge in [-0.3, -0.25) is 10.1 Å². The van der Waals surface area contributed by atoms with Gasteiger partial charge in [-0.2, -0.15) is 9.50 Å². The molecule has 8 heteroatoms. The largest absolute Gasteiger partial charge is 0.385 e. The molecule has 0 spiro atoms. The van der Waals surface area contributed by atoms with E-state index in [1.807, 2.05) is 42.5 Å². The van der Waals surface area contributed by atoms with Crippen molar-refractivity contribution >= 4 is 34.9 Å². The summed E-state index contributed by atoms with van der Waals surface area (Å²) in [6, 6.07) is 13.2. The second-order valence-electron chi connectivity index (χ2n) is 7.88. The number of carbonyl (C=O) groups is 1. The summed E-state index contributed by atoms with van der Waals surface area (Å²) in [6.45, 7) is 1.36. The standard InChI is InChI=1S/C21H22ClN5O2/c22-16-8-6-15(7-9-16)21(29)10-12-26(13-11-21)18-3-1-2-17-23-20(25-27(17)18)24-19(28)14-4-5-14/h1-3,6-9,14,29H,4-5,10-13H2,(H,24,25,28). The van der Waals surface area contributed by atoms with Crippen LogP contribution in [0.3, 0.4) is 0 Å². The van der Waals surface area contributed by atoms with E-state index < -0.39 is 5.60 Å². The van der Waals surface area contributed by atoms with Gasteiger partial charge in [0.15, 0.2) is 5.65 Å². The van der Waals surface area contributed by atoms with Gasteiger partial charge < -0.3 is 10.0 Å². The summed E-state index contributed by atoms with van der Waals surface area (Å²) < 4.78 is 1.76. The average Bonchev–Trinajstić information content (AvgIpc) is 3.49. The number of carbonyl (C=O) groups excluding carboxylic acids is 1. The fourth-order valence-electron chi connectivity index (χ4n) is 3.90. The molecule has 5 rings (SSSR count). The lowest BCUT2D eigenvalue weighted by Gasteiger charge is -2.39. The third-order valence-electron chi connectivity index (χ3n) is 5.82. The molecule has 1 aliphatic heterocycles. The molecule has 1 aliphatic carbocycles. The van der Waals surface area contributed by atoms with Crippen molar-refractivity contribution < 1.29 is 9.90 Å². The summed E-state index contributed by atoms with van der Waals surface area (Å²) in [5.41, 5.74) is 0.721. The van der Waals surface area contributed by atoms with E-state index in [-0.39, 0.29) is 11.8 Å². The van der Waals surface area contributed by atoms with Crippen molar-refractivity contribution in [1.82, 2.24) is 14.6 Å². The van der Waals surface area contributed by atoms with Crippen LogP contribution in [0.2, 0.25) is 5.02 Å². The smallest absolute Gasteiger partial charge is 0.249 e. The van der Waals surface area contributed by atoms with Crippen LogP contribution in [-0.2, 0) is 10.4 Å². The Bertz CT molecular complexity index is 1050. The zero-order valence-electron chi connectivity index (χ0n) is 15.9. The Morgan fingerprint density at radius 2 is 1.86 bits per heavy atom. The maximum Gasteiger partial charge on any atom is 0.249 e. The first-order chi connectivity index (χ1) is 14.0. The molecule has 0 unspecified atom stereocenters. The molecule has 0 radical (unpaired) electrons. The molecule has 29 heavy (non-hydrogen) atoms.